The monoisotopic (exact) mass is 381 g/mol. The fourth-order valence-corrected chi connectivity index (χ4v) is 5.83. The maximum absolute atomic E-state index is 12.6. The second kappa shape index (κ2) is 8.16. The lowest BCUT2D eigenvalue weighted by atomic mass is 9.90. The highest BCUT2D eigenvalue weighted by molar-refractivity contribution is 5.79. The van der Waals surface area contributed by atoms with E-state index in [2.05, 4.69) is 39.4 Å². The van der Waals surface area contributed by atoms with Crippen LogP contribution in [0.5, 0.6) is 0 Å². The molecule has 0 unspecified atom stereocenters. The van der Waals surface area contributed by atoms with Gasteiger partial charge in [-0.1, -0.05) is 24.3 Å². The van der Waals surface area contributed by atoms with Crippen molar-refractivity contribution < 1.29 is 4.79 Å². The summed E-state index contributed by atoms with van der Waals surface area (Å²) in [5.74, 6) is 0.548. The van der Waals surface area contributed by atoms with E-state index < -0.39 is 0 Å². The van der Waals surface area contributed by atoms with Gasteiger partial charge in [0, 0.05) is 24.7 Å². The van der Waals surface area contributed by atoms with Gasteiger partial charge in [-0.05, 0) is 88.5 Å². The number of nitrogens with one attached hydrogen (secondary N) is 1. The first-order valence-corrected chi connectivity index (χ1v) is 11.6. The molecule has 1 aromatic rings. The Kier molecular flexibility index (Phi) is 5.43. The molecule has 2 aliphatic carbocycles. The van der Waals surface area contributed by atoms with E-state index in [1.807, 2.05) is 0 Å². The Morgan fingerprint density at radius 1 is 0.821 bits per heavy atom. The molecule has 5 rings (SSSR count). The van der Waals surface area contributed by atoms with Gasteiger partial charge in [0.2, 0.25) is 5.91 Å². The Morgan fingerprint density at radius 3 is 2.18 bits per heavy atom. The first-order chi connectivity index (χ1) is 13.8. The zero-order chi connectivity index (χ0) is 18.9. The summed E-state index contributed by atoms with van der Waals surface area (Å²) in [6, 6.07) is 10.8. The number of fused-ring (bicyclic) bond motifs is 1. The van der Waals surface area contributed by atoms with E-state index in [0.717, 1.165) is 13.0 Å². The number of carbonyl (C=O) groups is 1. The van der Waals surface area contributed by atoms with Crippen LogP contribution in [0.4, 0.5) is 0 Å². The van der Waals surface area contributed by atoms with E-state index in [1.165, 1.54) is 71.0 Å². The number of nitrogens with zero attached hydrogens (tertiary/aromatic N) is 2. The van der Waals surface area contributed by atoms with Crippen LogP contribution in [0.15, 0.2) is 24.3 Å². The number of benzene rings is 1. The van der Waals surface area contributed by atoms with Gasteiger partial charge in [0.05, 0.1) is 5.92 Å². The number of piperidine rings is 2. The normalized spacial score (nSPS) is 28.1. The summed E-state index contributed by atoms with van der Waals surface area (Å²) in [7, 11) is 0. The number of rotatable bonds is 4. The fraction of sp³-hybridized carbons (Fsp3) is 0.708. The SMILES string of the molecule is O=C(NC1CCC1)[C@@H]1CCCN(C2CCN(C3Cc4ccccc4C3)CC2)C1. The number of hydrogen-bond acceptors (Lipinski definition) is 3. The molecular formula is C24H35N3O. The molecule has 0 aromatic heterocycles. The van der Waals surface area contributed by atoms with Crippen molar-refractivity contribution in [2.75, 3.05) is 26.2 Å². The summed E-state index contributed by atoms with van der Waals surface area (Å²) in [4.78, 5) is 18.0. The van der Waals surface area contributed by atoms with Crippen molar-refractivity contribution in [3.63, 3.8) is 0 Å². The predicted octanol–water partition coefficient (Wildman–Crippen LogP) is 3.00. The average molecular weight is 382 g/mol. The van der Waals surface area contributed by atoms with Crippen LogP contribution in [-0.2, 0) is 17.6 Å². The van der Waals surface area contributed by atoms with Crippen molar-refractivity contribution in [3.05, 3.63) is 35.4 Å². The van der Waals surface area contributed by atoms with E-state index in [9.17, 15) is 4.79 Å². The van der Waals surface area contributed by atoms with E-state index >= 15 is 0 Å². The second-order valence-corrected chi connectivity index (χ2v) is 9.57. The maximum atomic E-state index is 12.6. The summed E-state index contributed by atoms with van der Waals surface area (Å²) >= 11 is 0. The summed E-state index contributed by atoms with van der Waals surface area (Å²) in [6.45, 7) is 4.61. The van der Waals surface area contributed by atoms with Gasteiger partial charge in [-0.25, -0.2) is 0 Å². The molecule has 2 heterocycles. The molecule has 4 nitrogen and oxygen atoms in total. The third-order valence-corrected chi connectivity index (χ3v) is 7.84. The van der Waals surface area contributed by atoms with Gasteiger partial charge < -0.3 is 5.32 Å². The van der Waals surface area contributed by atoms with Crippen molar-refractivity contribution >= 4 is 5.91 Å². The summed E-state index contributed by atoms with van der Waals surface area (Å²) in [5.41, 5.74) is 3.12. The topological polar surface area (TPSA) is 35.6 Å². The van der Waals surface area contributed by atoms with Gasteiger partial charge in [-0.3, -0.25) is 14.6 Å². The Labute approximate surface area is 169 Å². The van der Waals surface area contributed by atoms with Crippen LogP contribution in [0, 0.1) is 5.92 Å². The smallest absolute Gasteiger partial charge is 0.224 e. The molecule has 0 radical (unpaired) electrons. The zero-order valence-electron chi connectivity index (χ0n) is 17.1. The number of likely N-dealkylation sites (tertiary alicyclic amines) is 2. The van der Waals surface area contributed by atoms with E-state index in [-0.39, 0.29) is 5.92 Å². The number of carbonyl (C=O) groups excluding carboxylic acids is 1. The Balaban J connectivity index is 1.11. The van der Waals surface area contributed by atoms with Crippen LogP contribution in [0.3, 0.4) is 0 Å². The summed E-state index contributed by atoms with van der Waals surface area (Å²) < 4.78 is 0. The number of hydrogen-bond donors (Lipinski definition) is 1. The van der Waals surface area contributed by atoms with Crippen molar-refractivity contribution in [2.45, 2.75) is 75.9 Å². The molecule has 1 N–H and O–H groups in total. The Morgan fingerprint density at radius 2 is 1.54 bits per heavy atom. The van der Waals surface area contributed by atoms with Crippen molar-refractivity contribution in [2.24, 2.45) is 5.92 Å². The zero-order valence-corrected chi connectivity index (χ0v) is 17.1. The van der Waals surface area contributed by atoms with Gasteiger partial charge in [-0.15, -0.1) is 0 Å². The third kappa shape index (κ3) is 3.86. The molecule has 152 valence electrons. The Bertz CT molecular complexity index is 668. The Hall–Kier alpha value is -1.39. The van der Waals surface area contributed by atoms with E-state index in [0.29, 0.717) is 24.0 Å². The summed E-state index contributed by atoms with van der Waals surface area (Å²) in [5, 5.41) is 3.29. The molecule has 28 heavy (non-hydrogen) atoms. The van der Waals surface area contributed by atoms with Crippen molar-refractivity contribution in [1.29, 1.82) is 0 Å². The highest BCUT2D eigenvalue weighted by Gasteiger charge is 2.35. The molecule has 3 fully saturated rings. The van der Waals surface area contributed by atoms with Gasteiger partial charge >= 0.3 is 0 Å². The molecule has 0 bridgehead atoms. The van der Waals surface area contributed by atoms with Gasteiger partial charge in [0.15, 0.2) is 0 Å². The quantitative estimate of drug-likeness (QED) is 0.871. The average Bonchev–Trinajstić information content (AvgIpc) is 3.15. The molecule has 2 saturated heterocycles. The molecule has 1 amide bonds. The highest BCUT2D eigenvalue weighted by Crippen LogP contribution is 2.30. The van der Waals surface area contributed by atoms with Crippen LogP contribution in [-0.4, -0.2) is 60.0 Å². The minimum absolute atomic E-state index is 0.219. The molecule has 4 heteroatoms. The molecule has 2 aliphatic heterocycles. The fourth-order valence-electron chi connectivity index (χ4n) is 5.83. The van der Waals surface area contributed by atoms with Crippen LogP contribution in [0.2, 0.25) is 0 Å². The first-order valence-electron chi connectivity index (χ1n) is 11.6. The lowest BCUT2D eigenvalue weighted by Gasteiger charge is -2.43. The molecule has 0 spiro atoms. The molecule has 1 saturated carbocycles. The van der Waals surface area contributed by atoms with Crippen LogP contribution in [0.25, 0.3) is 0 Å². The van der Waals surface area contributed by atoms with E-state index in [4.69, 9.17) is 0 Å². The van der Waals surface area contributed by atoms with Crippen molar-refractivity contribution in [1.82, 2.24) is 15.1 Å². The minimum atomic E-state index is 0.219. The number of amides is 1. The lowest BCUT2D eigenvalue weighted by Crippen LogP contribution is -2.53. The predicted molar refractivity (Wildman–Crippen MR) is 112 cm³/mol. The minimum Gasteiger partial charge on any atom is -0.353 e. The van der Waals surface area contributed by atoms with Crippen LogP contribution >= 0.6 is 0 Å². The maximum Gasteiger partial charge on any atom is 0.224 e. The van der Waals surface area contributed by atoms with Crippen LogP contribution < -0.4 is 5.32 Å². The molecular weight excluding hydrogens is 346 g/mol. The molecule has 1 atom stereocenters. The van der Waals surface area contributed by atoms with E-state index in [1.54, 1.807) is 11.1 Å². The molecule has 1 aromatic carbocycles. The van der Waals surface area contributed by atoms with Gasteiger partial charge in [-0.2, -0.15) is 0 Å². The second-order valence-electron chi connectivity index (χ2n) is 9.57. The standard InChI is InChI=1S/C24H35N3O/c28-24(25-21-8-3-9-21)20-7-4-12-27(17-20)22-10-13-26(14-11-22)23-15-18-5-1-2-6-19(18)16-23/h1-2,5-6,20-23H,3-4,7-17H2,(H,25,28)/t20-/m1/s1. The lowest BCUT2D eigenvalue weighted by molar-refractivity contribution is -0.128. The highest BCUT2D eigenvalue weighted by atomic mass is 16.2. The largest absolute Gasteiger partial charge is 0.353 e. The molecule has 4 aliphatic rings. The third-order valence-electron chi connectivity index (χ3n) is 7.84. The van der Waals surface area contributed by atoms with Crippen molar-refractivity contribution in [3.8, 4) is 0 Å². The summed E-state index contributed by atoms with van der Waals surface area (Å²) in [6.07, 6.45) is 10.9. The van der Waals surface area contributed by atoms with Gasteiger partial charge in [0.1, 0.15) is 0 Å². The van der Waals surface area contributed by atoms with Crippen LogP contribution in [0.1, 0.15) is 56.1 Å². The van der Waals surface area contributed by atoms with Gasteiger partial charge in [0.25, 0.3) is 0 Å². The first kappa shape index (κ1) is 18.6.